The number of alkyl halides is 4. The average Bonchev–Trinajstić information content (AvgIpc) is 2.34. The standard InChI is InChI=1S/C12H18F4N2O4/c1-5(2)17-7(4-9(15)16)11(20)18-6(3-8(13)14)10(19)12(21)22/h5-9,17H,3-4H2,1-2H3,(H,18,20)(H,21,22). The largest absolute Gasteiger partial charge is 0.475 e. The molecule has 2 unspecified atom stereocenters. The van der Waals surface area contributed by atoms with Crippen molar-refractivity contribution in [2.24, 2.45) is 0 Å². The van der Waals surface area contributed by atoms with Crippen LogP contribution in [0.3, 0.4) is 0 Å². The molecule has 0 fully saturated rings. The number of ketones is 1. The Morgan fingerprint density at radius 2 is 1.41 bits per heavy atom. The van der Waals surface area contributed by atoms with E-state index in [1.165, 1.54) is 0 Å². The molecule has 3 N–H and O–H groups in total. The molecular weight excluding hydrogens is 312 g/mol. The fourth-order valence-electron chi connectivity index (χ4n) is 1.66. The Hall–Kier alpha value is -1.71. The van der Waals surface area contributed by atoms with Crippen molar-refractivity contribution in [1.82, 2.24) is 10.6 Å². The molecule has 0 aromatic heterocycles. The van der Waals surface area contributed by atoms with Gasteiger partial charge in [0.2, 0.25) is 18.8 Å². The van der Waals surface area contributed by atoms with Crippen LogP contribution in [0.25, 0.3) is 0 Å². The van der Waals surface area contributed by atoms with Gasteiger partial charge in [-0.2, -0.15) is 0 Å². The normalized spacial score (nSPS) is 14.2. The van der Waals surface area contributed by atoms with Crippen LogP contribution in [0, 0.1) is 0 Å². The van der Waals surface area contributed by atoms with Crippen LogP contribution in [0.5, 0.6) is 0 Å². The molecule has 0 spiro atoms. The number of carboxylic acid groups (broad SMARTS) is 1. The van der Waals surface area contributed by atoms with Crippen molar-refractivity contribution in [2.75, 3.05) is 0 Å². The van der Waals surface area contributed by atoms with E-state index in [0.29, 0.717) is 0 Å². The minimum Gasteiger partial charge on any atom is -0.475 e. The second kappa shape index (κ2) is 9.34. The predicted molar refractivity (Wildman–Crippen MR) is 67.9 cm³/mol. The molecule has 128 valence electrons. The highest BCUT2D eigenvalue weighted by Crippen LogP contribution is 2.09. The van der Waals surface area contributed by atoms with Crippen molar-refractivity contribution in [1.29, 1.82) is 0 Å². The van der Waals surface area contributed by atoms with Crippen LogP contribution in [0.1, 0.15) is 26.7 Å². The number of nitrogens with one attached hydrogen (secondary N) is 2. The molecule has 0 bridgehead atoms. The van der Waals surface area contributed by atoms with Crippen molar-refractivity contribution >= 4 is 17.7 Å². The summed E-state index contributed by atoms with van der Waals surface area (Å²) >= 11 is 0. The number of carbonyl (C=O) groups excluding carboxylic acids is 2. The maximum absolute atomic E-state index is 12.4. The summed E-state index contributed by atoms with van der Waals surface area (Å²) in [7, 11) is 0. The first kappa shape index (κ1) is 20.3. The fraction of sp³-hybridized carbons (Fsp3) is 0.750. The molecule has 22 heavy (non-hydrogen) atoms. The minimum absolute atomic E-state index is 0.363. The second-order valence-electron chi connectivity index (χ2n) is 4.86. The Morgan fingerprint density at radius 3 is 1.77 bits per heavy atom. The Balaban J connectivity index is 5.01. The number of rotatable bonds is 10. The van der Waals surface area contributed by atoms with E-state index in [1.807, 2.05) is 0 Å². The zero-order valence-corrected chi connectivity index (χ0v) is 12.0. The molecule has 0 rings (SSSR count). The van der Waals surface area contributed by atoms with Crippen LogP contribution in [-0.2, 0) is 14.4 Å². The third kappa shape index (κ3) is 7.91. The van der Waals surface area contributed by atoms with Gasteiger partial charge >= 0.3 is 5.97 Å². The lowest BCUT2D eigenvalue weighted by Gasteiger charge is -2.23. The van der Waals surface area contributed by atoms with E-state index in [9.17, 15) is 31.9 Å². The molecule has 6 nitrogen and oxygen atoms in total. The number of hydrogen-bond acceptors (Lipinski definition) is 4. The van der Waals surface area contributed by atoms with Gasteiger partial charge in [0.1, 0.15) is 6.04 Å². The summed E-state index contributed by atoms with van der Waals surface area (Å²) in [5.41, 5.74) is 0. The van der Waals surface area contributed by atoms with Crippen LogP contribution in [-0.4, -0.2) is 53.7 Å². The van der Waals surface area contributed by atoms with E-state index in [1.54, 1.807) is 19.2 Å². The molecule has 0 aliphatic rings. The molecule has 0 heterocycles. The van der Waals surface area contributed by atoms with E-state index in [-0.39, 0.29) is 6.04 Å². The van der Waals surface area contributed by atoms with Crippen LogP contribution < -0.4 is 10.6 Å². The van der Waals surface area contributed by atoms with Crippen molar-refractivity contribution in [2.45, 2.75) is 57.7 Å². The predicted octanol–water partition coefficient (Wildman–Crippen LogP) is 0.802. The SMILES string of the molecule is CC(C)NC(CC(F)F)C(=O)NC(CC(F)F)C(=O)C(=O)O. The van der Waals surface area contributed by atoms with Gasteiger partial charge in [0.15, 0.2) is 0 Å². The Bertz CT molecular complexity index is 395. The van der Waals surface area contributed by atoms with Crippen molar-refractivity contribution < 1.29 is 37.1 Å². The molecule has 0 aliphatic carbocycles. The average molecular weight is 330 g/mol. The number of amides is 1. The number of halogens is 4. The first-order valence-corrected chi connectivity index (χ1v) is 6.44. The molecule has 0 saturated heterocycles. The van der Waals surface area contributed by atoms with E-state index >= 15 is 0 Å². The summed E-state index contributed by atoms with van der Waals surface area (Å²) in [4.78, 5) is 33.6. The van der Waals surface area contributed by atoms with Crippen LogP contribution in [0.15, 0.2) is 0 Å². The maximum atomic E-state index is 12.4. The quantitative estimate of drug-likeness (QED) is 0.407. The lowest BCUT2D eigenvalue weighted by molar-refractivity contribution is -0.151. The molecule has 0 saturated carbocycles. The maximum Gasteiger partial charge on any atom is 0.374 e. The summed E-state index contributed by atoms with van der Waals surface area (Å²) in [6, 6.07) is -3.76. The first-order valence-electron chi connectivity index (χ1n) is 6.44. The molecule has 1 amide bonds. The first-order chi connectivity index (χ1) is 10.0. The van der Waals surface area contributed by atoms with Gasteiger partial charge in [0.25, 0.3) is 5.78 Å². The minimum atomic E-state index is -3.04. The molecule has 0 aliphatic heterocycles. The molecule has 0 aromatic carbocycles. The molecular formula is C12H18F4N2O4. The van der Waals surface area contributed by atoms with Crippen molar-refractivity contribution in [3.05, 3.63) is 0 Å². The van der Waals surface area contributed by atoms with Crippen LogP contribution in [0.2, 0.25) is 0 Å². The van der Waals surface area contributed by atoms with E-state index < -0.39 is 55.4 Å². The lowest BCUT2D eigenvalue weighted by atomic mass is 10.1. The molecule has 2 atom stereocenters. The summed E-state index contributed by atoms with van der Waals surface area (Å²) < 4.78 is 49.6. The number of hydrogen-bond donors (Lipinski definition) is 3. The van der Waals surface area contributed by atoms with E-state index in [2.05, 4.69) is 5.32 Å². The molecule has 10 heteroatoms. The zero-order chi connectivity index (χ0) is 17.4. The van der Waals surface area contributed by atoms with Gasteiger partial charge in [-0.3, -0.25) is 9.59 Å². The van der Waals surface area contributed by atoms with Crippen molar-refractivity contribution in [3.63, 3.8) is 0 Å². The summed E-state index contributed by atoms with van der Waals surface area (Å²) in [5.74, 6) is -4.75. The summed E-state index contributed by atoms with van der Waals surface area (Å²) in [6.07, 6.45) is -7.99. The molecule has 0 aromatic rings. The van der Waals surface area contributed by atoms with Crippen molar-refractivity contribution in [3.8, 4) is 0 Å². The van der Waals surface area contributed by atoms with Gasteiger partial charge in [0.05, 0.1) is 6.04 Å². The monoisotopic (exact) mass is 330 g/mol. The summed E-state index contributed by atoms with van der Waals surface area (Å²) in [6.45, 7) is 3.15. The van der Waals surface area contributed by atoms with E-state index in [4.69, 9.17) is 5.11 Å². The highest BCUT2D eigenvalue weighted by molar-refractivity contribution is 6.35. The van der Waals surface area contributed by atoms with E-state index in [0.717, 1.165) is 0 Å². The van der Waals surface area contributed by atoms with Gasteiger partial charge in [0, 0.05) is 18.9 Å². The lowest BCUT2D eigenvalue weighted by Crippen LogP contribution is -2.53. The second-order valence-corrected chi connectivity index (χ2v) is 4.86. The van der Waals surface area contributed by atoms with Crippen LogP contribution >= 0.6 is 0 Å². The summed E-state index contributed by atoms with van der Waals surface area (Å²) in [5, 5.41) is 12.8. The van der Waals surface area contributed by atoms with Gasteiger partial charge in [-0.05, 0) is 0 Å². The number of Topliss-reactive ketones (excluding diaryl/α,β-unsaturated/α-hetero) is 1. The Labute approximate surface area is 124 Å². The highest BCUT2D eigenvalue weighted by atomic mass is 19.3. The molecule has 0 radical (unpaired) electrons. The fourth-order valence-corrected chi connectivity index (χ4v) is 1.66. The Kier molecular flexibility index (Phi) is 8.61. The van der Waals surface area contributed by atoms with Gasteiger partial charge in [-0.15, -0.1) is 0 Å². The zero-order valence-electron chi connectivity index (χ0n) is 12.0. The number of aliphatic carboxylic acids is 1. The highest BCUT2D eigenvalue weighted by Gasteiger charge is 2.32. The third-order valence-corrected chi connectivity index (χ3v) is 2.52. The number of carboxylic acids is 1. The Morgan fingerprint density at radius 1 is 0.955 bits per heavy atom. The number of carbonyl (C=O) groups is 3. The van der Waals surface area contributed by atoms with Crippen LogP contribution in [0.4, 0.5) is 17.6 Å². The van der Waals surface area contributed by atoms with Gasteiger partial charge in [-0.1, -0.05) is 13.8 Å². The van der Waals surface area contributed by atoms with Gasteiger partial charge in [-0.25, -0.2) is 22.4 Å². The topological polar surface area (TPSA) is 95.5 Å². The smallest absolute Gasteiger partial charge is 0.374 e. The van der Waals surface area contributed by atoms with Gasteiger partial charge < -0.3 is 15.7 Å². The third-order valence-electron chi connectivity index (χ3n) is 2.52.